The molecule has 0 aliphatic rings. The zero-order valence-corrected chi connectivity index (χ0v) is 8.17. The van der Waals surface area contributed by atoms with Crippen LogP contribution in [0.2, 0.25) is 0 Å². The van der Waals surface area contributed by atoms with E-state index in [9.17, 15) is 4.39 Å². The molecule has 0 aromatic carbocycles. The number of aromatic nitrogens is 1. The Kier molecular flexibility index (Phi) is 2.67. The minimum atomic E-state index is -0.383. The number of halogens is 2. The molecular formula is C7H5BrFNS. The molecule has 0 bridgehead atoms. The summed E-state index contributed by atoms with van der Waals surface area (Å²) in [6, 6.07) is 1.35. The SMILES string of the molecule is CC(=S)c1ncc(Br)cc1F. The van der Waals surface area contributed by atoms with Crippen molar-refractivity contribution in [1.82, 2.24) is 4.98 Å². The van der Waals surface area contributed by atoms with Gasteiger partial charge in [-0.2, -0.15) is 0 Å². The molecule has 1 aromatic heterocycles. The lowest BCUT2D eigenvalue weighted by molar-refractivity contribution is 0.617. The van der Waals surface area contributed by atoms with E-state index in [1.165, 1.54) is 12.3 Å². The summed E-state index contributed by atoms with van der Waals surface area (Å²) in [6.45, 7) is 1.65. The van der Waals surface area contributed by atoms with Crippen LogP contribution >= 0.6 is 28.1 Å². The standard InChI is InChI=1S/C7H5BrFNS/c1-4(11)7-6(9)2-5(8)3-10-7/h2-3H,1H3. The molecule has 0 N–H and O–H groups in total. The molecule has 11 heavy (non-hydrogen) atoms. The van der Waals surface area contributed by atoms with E-state index in [-0.39, 0.29) is 11.5 Å². The van der Waals surface area contributed by atoms with Crippen molar-refractivity contribution in [3.63, 3.8) is 0 Å². The summed E-state index contributed by atoms with van der Waals surface area (Å²) in [5.41, 5.74) is 0.253. The van der Waals surface area contributed by atoms with Gasteiger partial charge >= 0.3 is 0 Å². The van der Waals surface area contributed by atoms with Gasteiger partial charge in [-0.15, -0.1) is 0 Å². The van der Waals surface area contributed by atoms with Gasteiger partial charge in [-0.1, -0.05) is 12.2 Å². The number of pyridine rings is 1. The van der Waals surface area contributed by atoms with E-state index in [2.05, 4.69) is 20.9 Å². The summed E-state index contributed by atoms with van der Waals surface area (Å²) in [6.07, 6.45) is 1.52. The fourth-order valence-electron chi connectivity index (χ4n) is 0.674. The maximum atomic E-state index is 12.9. The molecule has 0 amide bonds. The Morgan fingerprint density at radius 3 is 2.82 bits per heavy atom. The summed E-state index contributed by atoms with van der Waals surface area (Å²) in [5, 5.41) is 0. The Labute approximate surface area is 77.8 Å². The van der Waals surface area contributed by atoms with Gasteiger partial charge in [0.15, 0.2) is 5.82 Å². The Morgan fingerprint density at radius 2 is 2.36 bits per heavy atom. The third-order valence-electron chi connectivity index (χ3n) is 1.14. The first-order valence-corrected chi connectivity index (χ1v) is 4.13. The van der Waals surface area contributed by atoms with Crippen molar-refractivity contribution in [2.24, 2.45) is 0 Å². The van der Waals surface area contributed by atoms with E-state index >= 15 is 0 Å². The maximum absolute atomic E-state index is 12.9. The molecule has 0 saturated carbocycles. The second-order valence-corrected chi connectivity index (χ2v) is 3.57. The highest BCUT2D eigenvalue weighted by Gasteiger charge is 2.04. The van der Waals surface area contributed by atoms with Crippen molar-refractivity contribution in [2.75, 3.05) is 0 Å². The number of nitrogens with zero attached hydrogens (tertiary/aromatic N) is 1. The third-order valence-corrected chi connectivity index (χ3v) is 1.77. The molecule has 0 saturated heterocycles. The quantitative estimate of drug-likeness (QED) is 0.547. The molecule has 0 aliphatic carbocycles. The van der Waals surface area contributed by atoms with Crippen LogP contribution in [0.3, 0.4) is 0 Å². The predicted octanol–water partition coefficient (Wildman–Crippen LogP) is 2.72. The lowest BCUT2D eigenvalue weighted by Gasteiger charge is -1.98. The van der Waals surface area contributed by atoms with Crippen molar-refractivity contribution in [3.05, 3.63) is 28.2 Å². The Morgan fingerprint density at radius 1 is 1.73 bits per heavy atom. The molecule has 0 unspecified atom stereocenters. The van der Waals surface area contributed by atoms with Crippen molar-refractivity contribution in [3.8, 4) is 0 Å². The van der Waals surface area contributed by atoms with E-state index in [4.69, 9.17) is 12.2 Å². The molecule has 1 heterocycles. The van der Waals surface area contributed by atoms with Crippen molar-refractivity contribution in [2.45, 2.75) is 6.92 Å². The van der Waals surface area contributed by atoms with Crippen LogP contribution in [-0.2, 0) is 0 Å². The van der Waals surface area contributed by atoms with Gasteiger partial charge in [0.05, 0.1) is 0 Å². The van der Waals surface area contributed by atoms with Gasteiger partial charge < -0.3 is 0 Å². The molecule has 0 fully saturated rings. The Bertz CT molecular complexity index is 300. The number of rotatable bonds is 1. The summed E-state index contributed by atoms with van der Waals surface area (Å²) in [5.74, 6) is -0.383. The summed E-state index contributed by atoms with van der Waals surface area (Å²) < 4.78 is 13.5. The lowest BCUT2D eigenvalue weighted by atomic mass is 10.3. The van der Waals surface area contributed by atoms with Crippen molar-refractivity contribution in [1.29, 1.82) is 0 Å². The second kappa shape index (κ2) is 3.36. The highest BCUT2D eigenvalue weighted by molar-refractivity contribution is 9.10. The monoisotopic (exact) mass is 233 g/mol. The normalized spacial score (nSPS) is 9.73. The van der Waals surface area contributed by atoms with Crippen LogP contribution in [0.1, 0.15) is 12.6 Å². The average Bonchev–Trinajstić information content (AvgIpc) is 1.85. The molecular weight excluding hydrogens is 229 g/mol. The molecule has 4 heteroatoms. The van der Waals surface area contributed by atoms with Gasteiger partial charge in [-0.25, -0.2) is 4.39 Å². The number of hydrogen-bond donors (Lipinski definition) is 0. The average molecular weight is 234 g/mol. The van der Waals surface area contributed by atoms with Crippen LogP contribution in [0.5, 0.6) is 0 Å². The van der Waals surface area contributed by atoms with Crippen LogP contribution in [-0.4, -0.2) is 9.85 Å². The fraction of sp³-hybridized carbons (Fsp3) is 0.143. The third kappa shape index (κ3) is 2.04. The van der Waals surface area contributed by atoms with Crippen LogP contribution in [0.15, 0.2) is 16.7 Å². The highest BCUT2D eigenvalue weighted by Crippen LogP contribution is 2.12. The van der Waals surface area contributed by atoms with E-state index < -0.39 is 0 Å². The largest absolute Gasteiger partial charge is 0.251 e. The van der Waals surface area contributed by atoms with E-state index in [1.54, 1.807) is 6.92 Å². The van der Waals surface area contributed by atoms with Crippen molar-refractivity contribution >= 4 is 33.0 Å². The minimum Gasteiger partial charge on any atom is -0.251 e. The van der Waals surface area contributed by atoms with Gasteiger partial charge in [-0.05, 0) is 28.9 Å². The van der Waals surface area contributed by atoms with Crippen molar-refractivity contribution < 1.29 is 4.39 Å². The predicted molar refractivity (Wildman–Crippen MR) is 49.3 cm³/mol. The molecule has 1 rings (SSSR count). The lowest BCUT2D eigenvalue weighted by Crippen LogP contribution is -1.98. The zero-order valence-electron chi connectivity index (χ0n) is 5.77. The Balaban J connectivity index is 3.20. The summed E-state index contributed by atoms with van der Waals surface area (Å²) in [4.78, 5) is 4.28. The first kappa shape index (κ1) is 8.74. The fourth-order valence-corrected chi connectivity index (χ4v) is 1.13. The minimum absolute atomic E-state index is 0.253. The van der Waals surface area contributed by atoms with Gasteiger partial charge in [0.25, 0.3) is 0 Å². The van der Waals surface area contributed by atoms with E-state index in [0.29, 0.717) is 9.34 Å². The van der Waals surface area contributed by atoms with E-state index in [0.717, 1.165) is 0 Å². The van der Waals surface area contributed by atoms with Crippen LogP contribution in [0.4, 0.5) is 4.39 Å². The van der Waals surface area contributed by atoms with Gasteiger partial charge in [0.1, 0.15) is 5.69 Å². The summed E-state index contributed by atoms with van der Waals surface area (Å²) >= 11 is 7.87. The highest BCUT2D eigenvalue weighted by atomic mass is 79.9. The van der Waals surface area contributed by atoms with Crippen LogP contribution < -0.4 is 0 Å². The topological polar surface area (TPSA) is 12.9 Å². The number of hydrogen-bond acceptors (Lipinski definition) is 2. The molecule has 0 atom stereocenters. The number of thiocarbonyl (C=S) groups is 1. The molecule has 0 aliphatic heterocycles. The maximum Gasteiger partial charge on any atom is 0.151 e. The second-order valence-electron chi connectivity index (χ2n) is 2.04. The van der Waals surface area contributed by atoms with Gasteiger partial charge in [0, 0.05) is 15.5 Å². The molecule has 0 spiro atoms. The first-order valence-electron chi connectivity index (χ1n) is 2.93. The molecule has 1 aromatic rings. The molecule has 58 valence electrons. The summed E-state index contributed by atoms with van der Waals surface area (Å²) in [7, 11) is 0. The first-order chi connectivity index (χ1) is 5.11. The molecule has 1 nitrogen and oxygen atoms in total. The van der Waals surface area contributed by atoms with Gasteiger partial charge in [0.2, 0.25) is 0 Å². The van der Waals surface area contributed by atoms with Gasteiger partial charge in [-0.3, -0.25) is 4.98 Å². The smallest absolute Gasteiger partial charge is 0.151 e. The Hall–Kier alpha value is -0.350. The molecule has 0 radical (unpaired) electrons. The van der Waals surface area contributed by atoms with Crippen LogP contribution in [0, 0.1) is 5.82 Å². The van der Waals surface area contributed by atoms with E-state index in [1.807, 2.05) is 0 Å². The zero-order chi connectivity index (χ0) is 8.43. The van der Waals surface area contributed by atoms with Crippen LogP contribution in [0.25, 0.3) is 0 Å².